The SMILES string of the molecule is Cc1cccc(CNc2ccc(C(=O)NCCN3CCOCC3)cn2)c1. The monoisotopic (exact) mass is 354 g/mol. The Morgan fingerprint density at radius 1 is 1.23 bits per heavy atom. The molecule has 1 amide bonds. The number of carbonyl (C=O) groups excluding carboxylic acids is 1. The van der Waals surface area contributed by atoms with Crippen molar-refractivity contribution in [1.82, 2.24) is 15.2 Å². The number of aromatic nitrogens is 1. The minimum absolute atomic E-state index is 0.0870. The standard InChI is InChI=1S/C20H26N4O2/c1-16-3-2-4-17(13-16)14-22-19-6-5-18(15-23-19)20(25)21-7-8-24-9-11-26-12-10-24/h2-6,13,15H,7-12,14H2,1H3,(H,21,25)(H,22,23). The van der Waals surface area contributed by atoms with Crippen molar-refractivity contribution in [2.24, 2.45) is 0 Å². The average molecular weight is 354 g/mol. The molecule has 2 N–H and O–H groups in total. The van der Waals surface area contributed by atoms with Crippen LogP contribution in [0.1, 0.15) is 21.5 Å². The van der Waals surface area contributed by atoms with Crippen molar-refractivity contribution in [2.45, 2.75) is 13.5 Å². The number of benzene rings is 1. The molecule has 1 aliphatic rings. The van der Waals surface area contributed by atoms with E-state index in [2.05, 4.69) is 45.6 Å². The molecule has 1 aromatic heterocycles. The Hall–Kier alpha value is -2.44. The van der Waals surface area contributed by atoms with E-state index in [4.69, 9.17) is 4.74 Å². The topological polar surface area (TPSA) is 66.5 Å². The van der Waals surface area contributed by atoms with Crippen molar-refractivity contribution in [2.75, 3.05) is 44.7 Å². The minimum atomic E-state index is -0.0870. The summed E-state index contributed by atoms with van der Waals surface area (Å²) < 4.78 is 5.32. The third-order valence-corrected chi connectivity index (χ3v) is 4.40. The van der Waals surface area contributed by atoms with Crippen LogP contribution in [0.5, 0.6) is 0 Å². The summed E-state index contributed by atoms with van der Waals surface area (Å²) in [6.45, 7) is 7.67. The first kappa shape index (κ1) is 18.4. The zero-order valence-electron chi connectivity index (χ0n) is 15.2. The fourth-order valence-electron chi connectivity index (χ4n) is 2.90. The van der Waals surface area contributed by atoms with E-state index in [-0.39, 0.29) is 5.91 Å². The molecule has 26 heavy (non-hydrogen) atoms. The zero-order chi connectivity index (χ0) is 18.2. The number of aryl methyl sites for hydroxylation is 1. The fraction of sp³-hybridized carbons (Fsp3) is 0.400. The number of nitrogens with zero attached hydrogens (tertiary/aromatic N) is 2. The van der Waals surface area contributed by atoms with E-state index in [9.17, 15) is 4.79 Å². The summed E-state index contributed by atoms with van der Waals surface area (Å²) in [6, 6.07) is 12.0. The van der Waals surface area contributed by atoms with Crippen LogP contribution >= 0.6 is 0 Å². The summed E-state index contributed by atoms with van der Waals surface area (Å²) in [5, 5.41) is 6.23. The van der Waals surface area contributed by atoms with E-state index in [1.807, 2.05) is 12.1 Å². The predicted molar refractivity (Wildman–Crippen MR) is 102 cm³/mol. The van der Waals surface area contributed by atoms with Gasteiger partial charge >= 0.3 is 0 Å². The van der Waals surface area contributed by atoms with E-state index in [1.165, 1.54) is 11.1 Å². The van der Waals surface area contributed by atoms with Crippen LogP contribution in [0.25, 0.3) is 0 Å². The molecule has 1 aliphatic heterocycles. The van der Waals surface area contributed by atoms with E-state index >= 15 is 0 Å². The number of rotatable bonds is 7. The molecule has 3 rings (SSSR count). The van der Waals surface area contributed by atoms with E-state index in [0.717, 1.165) is 38.7 Å². The molecular weight excluding hydrogens is 328 g/mol. The van der Waals surface area contributed by atoms with Gasteiger partial charge in [0.05, 0.1) is 18.8 Å². The van der Waals surface area contributed by atoms with E-state index < -0.39 is 0 Å². The number of anilines is 1. The molecular formula is C20H26N4O2. The molecule has 0 unspecified atom stereocenters. The lowest BCUT2D eigenvalue weighted by Gasteiger charge is -2.26. The van der Waals surface area contributed by atoms with Gasteiger partial charge in [0.15, 0.2) is 0 Å². The van der Waals surface area contributed by atoms with Gasteiger partial charge in [-0.1, -0.05) is 29.8 Å². The lowest BCUT2D eigenvalue weighted by atomic mass is 10.1. The molecule has 0 atom stereocenters. The van der Waals surface area contributed by atoms with Crippen LogP contribution in [-0.4, -0.2) is 55.2 Å². The molecule has 0 bridgehead atoms. The van der Waals surface area contributed by atoms with Crippen LogP contribution in [0.15, 0.2) is 42.6 Å². The molecule has 0 aliphatic carbocycles. The Morgan fingerprint density at radius 3 is 2.81 bits per heavy atom. The van der Waals surface area contributed by atoms with Crippen molar-refractivity contribution in [3.63, 3.8) is 0 Å². The van der Waals surface area contributed by atoms with Gasteiger partial charge in [-0.15, -0.1) is 0 Å². The highest BCUT2D eigenvalue weighted by Crippen LogP contribution is 2.09. The number of pyridine rings is 1. The summed E-state index contributed by atoms with van der Waals surface area (Å²) in [6.07, 6.45) is 1.61. The van der Waals surface area contributed by atoms with Crippen LogP contribution in [0.2, 0.25) is 0 Å². The first-order valence-corrected chi connectivity index (χ1v) is 9.04. The van der Waals surface area contributed by atoms with Gasteiger partial charge in [-0.25, -0.2) is 4.98 Å². The number of ether oxygens (including phenoxy) is 1. The Balaban J connectivity index is 1.43. The molecule has 6 heteroatoms. The number of hydrogen-bond acceptors (Lipinski definition) is 5. The smallest absolute Gasteiger partial charge is 0.252 e. The molecule has 6 nitrogen and oxygen atoms in total. The summed E-state index contributed by atoms with van der Waals surface area (Å²) in [7, 11) is 0. The maximum absolute atomic E-state index is 12.2. The van der Waals surface area contributed by atoms with Gasteiger partial charge in [0.25, 0.3) is 5.91 Å². The van der Waals surface area contributed by atoms with Crippen molar-refractivity contribution in [3.8, 4) is 0 Å². The summed E-state index contributed by atoms with van der Waals surface area (Å²) >= 11 is 0. The first-order chi connectivity index (χ1) is 12.7. The van der Waals surface area contributed by atoms with E-state index in [1.54, 1.807) is 12.3 Å². The van der Waals surface area contributed by atoms with Crippen LogP contribution in [-0.2, 0) is 11.3 Å². The molecule has 1 fully saturated rings. The number of nitrogens with one attached hydrogen (secondary N) is 2. The van der Waals surface area contributed by atoms with Gasteiger partial charge in [-0.3, -0.25) is 9.69 Å². The second kappa shape index (κ2) is 9.31. The lowest BCUT2D eigenvalue weighted by Crippen LogP contribution is -2.41. The number of carbonyl (C=O) groups is 1. The second-order valence-electron chi connectivity index (χ2n) is 6.48. The quantitative estimate of drug-likeness (QED) is 0.797. The predicted octanol–water partition coefficient (Wildman–Crippen LogP) is 2.06. The van der Waals surface area contributed by atoms with Gasteiger partial charge in [-0.2, -0.15) is 0 Å². The molecule has 1 aromatic carbocycles. The molecule has 0 spiro atoms. The summed E-state index contributed by atoms with van der Waals surface area (Å²) in [5.41, 5.74) is 3.02. The molecule has 0 radical (unpaired) electrons. The molecule has 0 saturated carbocycles. The first-order valence-electron chi connectivity index (χ1n) is 9.04. The lowest BCUT2D eigenvalue weighted by molar-refractivity contribution is 0.0383. The van der Waals surface area contributed by atoms with Gasteiger partial charge in [0.2, 0.25) is 0 Å². The number of amides is 1. The maximum atomic E-state index is 12.2. The number of morpholine rings is 1. The average Bonchev–Trinajstić information content (AvgIpc) is 2.68. The minimum Gasteiger partial charge on any atom is -0.379 e. The third-order valence-electron chi connectivity index (χ3n) is 4.40. The normalized spacial score (nSPS) is 14.8. The Bertz CT molecular complexity index is 712. The summed E-state index contributed by atoms with van der Waals surface area (Å²) in [4.78, 5) is 18.8. The Morgan fingerprint density at radius 2 is 2.08 bits per heavy atom. The van der Waals surface area contributed by atoms with Crippen LogP contribution < -0.4 is 10.6 Å². The van der Waals surface area contributed by atoms with Crippen molar-refractivity contribution in [3.05, 3.63) is 59.3 Å². The fourth-order valence-corrected chi connectivity index (χ4v) is 2.90. The summed E-state index contributed by atoms with van der Waals surface area (Å²) in [5.74, 6) is 0.673. The van der Waals surface area contributed by atoms with E-state index in [0.29, 0.717) is 18.7 Å². The Kier molecular flexibility index (Phi) is 6.57. The number of hydrogen-bond donors (Lipinski definition) is 2. The molecule has 2 aromatic rings. The largest absolute Gasteiger partial charge is 0.379 e. The van der Waals surface area contributed by atoms with Gasteiger partial charge in [-0.05, 0) is 24.6 Å². The van der Waals surface area contributed by atoms with Crippen molar-refractivity contribution in [1.29, 1.82) is 0 Å². The van der Waals surface area contributed by atoms with Crippen LogP contribution in [0.3, 0.4) is 0 Å². The zero-order valence-corrected chi connectivity index (χ0v) is 15.2. The maximum Gasteiger partial charge on any atom is 0.252 e. The second-order valence-corrected chi connectivity index (χ2v) is 6.48. The third kappa shape index (κ3) is 5.54. The van der Waals surface area contributed by atoms with Crippen LogP contribution in [0, 0.1) is 6.92 Å². The highest BCUT2D eigenvalue weighted by atomic mass is 16.5. The van der Waals surface area contributed by atoms with Gasteiger partial charge < -0.3 is 15.4 Å². The Labute approximate surface area is 154 Å². The van der Waals surface area contributed by atoms with Crippen molar-refractivity contribution < 1.29 is 9.53 Å². The van der Waals surface area contributed by atoms with Crippen LogP contribution in [0.4, 0.5) is 5.82 Å². The van der Waals surface area contributed by atoms with Gasteiger partial charge in [0, 0.05) is 38.9 Å². The highest BCUT2D eigenvalue weighted by molar-refractivity contribution is 5.94. The molecule has 1 saturated heterocycles. The molecule has 2 heterocycles. The highest BCUT2D eigenvalue weighted by Gasteiger charge is 2.11. The van der Waals surface area contributed by atoms with Gasteiger partial charge in [0.1, 0.15) is 5.82 Å². The van der Waals surface area contributed by atoms with Crippen molar-refractivity contribution >= 4 is 11.7 Å². The molecule has 138 valence electrons.